The smallest absolute Gasteiger partial charge is 0.0132 e. The van der Waals surface area contributed by atoms with Crippen molar-refractivity contribution in [1.29, 1.82) is 0 Å². The summed E-state index contributed by atoms with van der Waals surface area (Å²) in [6.07, 6.45) is 9.21. The third-order valence-corrected chi connectivity index (χ3v) is 18.4. The van der Waals surface area contributed by atoms with Crippen molar-refractivity contribution in [2.75, 3.05) is 0 Å². The normalized spacial score (nSPS) is 11.8. The summed E-state index contributed by atoms with van der Waals surface area (Å²) in [6.45, 7) is 76.6. The Kier molecular flexibility index (Phi) is 38.6. The number of rotatable bonds is 10. The van der Waals surface area contributed by atoms with E-state index in [0.717, 1.165) is 44.9 Å². The predicted octanol–water partition coefficient (Wildman–Crippen LogP) is 33.0. The first kappa shape index (κ1) is 97.4. The molecule has 10 aromatic carbocycles. The average molecular weight is 1490 g/mol. The Labute approximate surface area is 685 Å². The van der Waals surface area contributed by atoms with Crippen molar-refractivity contribution in [3.05, 3.63) is 332 Å². The Hall–Kier alpha value is -7.80. The van der Waals surface area contributed by atoms with Gasteiger partial charge in [-0.25, -0.2) is 0 Å². The van der Waals surface area contributed by atoms with E-state index < -0.39 is 0 Å². The predicted molar refractivity (Wildman–Crippen MR) is 500 cm³/mol. The topological polar surface area (TPSA) is 0 Å². The zero-order valence-corrected chi connectivity index (χ0v) is 77.3. The van der Waals surface area contributed by atoms with Crippen LogP contribution in [0.5, 0.6) is 0 Å². The Morgan fingerprint density at radius 3 is 0.766 bits per heavy atom. The molecule has 0 aliphatic heterocycles. The van der Waals surface area contributed by atoms with Gasteiger partial charge in [-0.15, -0.1) is 0 Å². The molecule has 0 bridgehead atoms. The van der Waals surface area contributed by atoms with Crippen LogP contribution in [-0.4, -0.2) is 0 Å². The molecule has 0 saturated carbocycles. The number of hydrogen-bond donors (Lipinski definition) is 0. The van der Waals surface area contributed by atoms with Crippen molar-refractivity contribution in [3.63, 3.8) is 0 Å². The molecule has 0 radical (unpaired) electrons. The van der Waals surface area contributed by atoms with Crippen molar-refractivity contribution in [3.8, 4) is 22.3 Å². The van der Waals surface area contributed by atoms with E-state index in [0.29, 0.717) is 43.3 Å². The molecule has 0 heteroatoms. The van der Waals surface area contributed by atoms with Crippen LogP contribution < -0.4 is 0 Å². The van der Waals surface area contributed by atoms with E-state index in [4.69, 9.17) is 0 Å². The molecule has 0 aromatic heterocycles. The van der Waals surface area contributed by atoms with Crippen LogP contribution in [0.3, 0.4) is 0 Å². The summed E-state index contributed by atoms with van der Waals surface area (Å²) >= 11 is 0. The summed E-state index contributed by atoms with van der Waals surface area (Å²) < 4.78 is 0. The minimum Gasteiger partial charge on any atom is -0.0622 e. The SMILES string of the molecule is CC(C)(C)Cc1ccc(-c2ccccc2)cc1.CC(C)(C)Cc1ccc(C(C)(C)C)cc1.CC(C)(C)Cc1cccc(-c2ccccc2)c1.CC(C)(C)Cc1ccccc1.Cc1ccc(C)c(CC(C)(C)C)c1.Cc1ccc(CC(C)(C)C)cc1.Cc1ccc(CC(C)(C)C)cc1C.Cc1ccc(CC(C)(C)C)cc1C. The van der Waals surface area contributed by atoms with Gasteiger partial charge in [-0.2, -0.15) is 0 Å². The summed E-state index contributed by atoms with van der Waals surface area (Å²) in [5.74, 6) is 0. The summed E-state index contributed by atoms with van der Waals surface area (Å²) in [5.41, 5.74) is 31.2. The fourth-order valence-corrected chi connectivity index (χ4v) is 13.0. The summed E-state index contributed by atoms with van der Waals surface area (Å²) in [4.78, 5) is 0. The first-order valence-corrected chi connectivity index (χ1v) is 41.6. The Balaban J connectivity index is 0.000000330. The first-order valence-electron chi connectivity index (χ1n) is 41.6. The van der Waals surface area contributed by atoms with Crippen LogP contribution in [0.2, 0.25) is 0 Å². The highest BCUT2D eigenvalue weighted by Crippen LogP contribution is 2.31. The highest BCUT2D eigenvalue weighted by molar-refractivity contribution is 5.64. The molecule has 10 rings (SSSR count). The number of benzene rings is 10. The van der Waals surface area contributed by atoms with Crippen LogP contribution in [0.1, 0.15) is 276 Å². The molecule has 10 aromatic rings. The van der Waals surface area contributed by atoms with Gasteiger partial charge in [0, 0.05) is 0 Å². The Morgan fingerprint density at radius 1 is 0.171 bits per heavy atom. The lowest BCUT2D eigenvalue weighted by Crippen LogP contribution is -2.12. The van der Waals surface area contributed by atoms with Gasteiger partial charge in [0.15, 0.2) is 0 Å². The van der Waals surface area contributed by atoms with Crippen LogP contribution in [-0.2, 0) is 56.8 Å². The summed E-state index contributed by atoms with van der Waals surface area (Å²) in [5, 5.41) is 0. The quantitative estimate of drug-likeness (QED) is 0.128. The molecule has 111 heavy (non-hydrogen) atoms. The standard InChI is InChI=1S/2C17H20.C15H24.3C13H20.C12H18.C11H16/c1-17(2,3)13-14-8-7-11-16(12-14)15-9-5-4-6-10-15;1-17(2,3)13-14-9-11-16(12-10-14)15-7-5-4-6-8-15;1-14(2,3)11-12-7-9-13(10-8-12)15(4,5)6;2*1-10-6-7-12(8-11(10)2)9-13(3,4)5;1-10-6-7-11(2)12(8-10)9-13(3,4)5;1-10-5-7-11(8-6-10)9-12(2,3)4;1-11(2,3)9-10-7-5-4-6-8-10/h2*4-12H,13H2,1-3H3;7-10H,11H2,1-6H3;3*6-8H,9H2,1-5H3;5-8H,9H2,1-4H3;4-8H,9H2,1-3H3. The fourth-order valence-electron chi connectivity index (χ4n) is 13.0. The molecule has 0 N–H and O–H groups in total. The lowest BCUT2D eigenvalue weighted by Gasteiger charge is -2.21. The van der Waals surface area contributed by atoms with Crippen LogP contribution >= 0.6 is 0 Å². The maximum atomic E-state index is 2.31. The average Bonchev–Trinajstić information content (AvgIpc) is 0.860. The van der Waals surface area contributed by atoms with Gasteiger partial charge in [-0.3, -0.25) is 0 Å². The van der Waals surface area contributed by atoms with Crippen LogP contribution in [0.4, 0.5) is 0 Å². The van der Waals surface area contributed by atoms with Crippen molar-refractivity contribution in [1.82, 2.24) is 0 Å². The fraction of sp³-hybridized carbons (Fsp3) is 0.459. The summed E-state index contributed by atoms with van der Waals surface area (Å²) in [6, 6.07) is 87.6. The van der Waals surface area contributed by atoms with Gasteiger partial charge in [0.25, 0.3) is 0 Å². The molecule has 0 amide bonds. The molecular weight excluding hydrogens is 1330 g/mol. The Morgan fingerprint density at radius 2 is 0.423 bits per heavy atom. The van der Waals surface area contributed by atoms with Gasteiger partial charge in [0.05, 0.1) is 0 Å². The first-order chi connectivity index (χ1) is 51.0. The second-order valence-electron chi connectivity index (χ2n) is 42.7. The molecule has 0 nitrogen and oxygen atoms in total. The van der Waals surface area contributed by atoms with Crippen LogP contribution in [0, 0.1) is 91.8 Å². The molecule has 0 heterocycles. The van der Waals surface area contributed by atoms with Gasteiger partial charge >= 0.3 is 0 Å². The number of aryl methyl sites for hydroxylation is 7. The number of hydrogen-bond acceptors (Lipinski definition) is 0. The van der Waals surface area contributed by atoms with Gasteiger partial charge in [-0.1, -0.05) is 441 Å². The third kappa shape index (κ3) is 46.1. The molecule has 0 unspecified atom stereocenters. The van der Waals surface area contributed by atoms with Crippen LogP contribution in [0.15, 0.2) is 243 Å². The largest absolute Gasteiger partial charge is 0.0622 e. The highest BCUT2D eigenvalue weighted by atomic mass is 14.2. The molecule has 0 fully saturated rings. The van der Waals surface area contributed by atoms with E-state index in [1.54, 1.807) is 0 Å². The van der Waals surface area contributed by atoms with E-state index in [9.17, 15) is 0 Å². The van der Waals surface area contributed by atoms with E-state index >= 15 is 0 Å². The zero-order chi connectivity index (χ0) is 84.0. The summed E-state index contributed by atoms with van der Waals surface area (Å²) in [7, 11) is 0. The second kappa shape index (κ2) is 44.0. The monoisotopic (exact) mass is 1490 g/mol. The van der Waals surface area contributed by atoms with E-state index in [-0.39, 0.29) is 5.41 Å². The zero-order valence-electron chi connectivity index (χ0n) is 77.3. The van der Waals surface area contributed by atoms with Crippen molar-refractivity contribution >= 4 is 0 Å². The van der Waals surface area contributed by atoms with E-state index in [1.807, 2.05) is 0 Å². The van der Waals surface area contributed by atoms with Gasteiger partial charge < -0.3 is 0 Å². The highest BCUT2D eigenvalue weighted by Gasteiger charge is 2.19. The molecule has 0 spiro atoms. The van der Waals surface area contributed by atoms with Crippen molar-refractivity contribution in [2.24, 2.45) is 43.3 Å². The van der Waals surface area contributed by atoms with E-state index in [1.165, 1.54) is 118 Å². The maximum Gasteiger partial charge on any atom is -0.0132 e. The second-order valence-corrected chi connectivity index (χ2v) is 42.7. The van der Waals surface area contributed by atoms with Gasteiger partial charge in [0.2, 0.25) is 0 Å². The molecule has 0 saturated heterocycles. The lowest BCUT2D eigenvalue weighted by atomic mass is 9.84. The lowest BCUT2D eigenvalue weighted by molar-refractivity contribution is 0.410. The van der Waals surface area contributed by atoms with Crippen molar-refractivity contribution < 1.29 is 0 Å². The van der Waals surface area contributed by atoms with E-state index in [2.05, 4.69) is 478 Å². The molecule has 0 aliphatic rings. The van der Waals surface area contributed by atoms with Crippen LogP contribution in [0.25, 0.3) is 22.3 Å². The minimum absolute atomic E-state index is 0.264. The van der Waals surface area contributed by atoms with Gasteiger partial charge in [-0.05, 0) is 249 Å². The molecule has 602 valence electrons. The molecule has 0 aliphatic carbocycles. The minimum atomic E-state index is 0.264. The molecular formula is C111H158. The van der Waals surface area contributed by atoms with Gasteiger partial charge in [0.1, 0.15) is 0 Å². The maximum absolute atomic E-state index is 2.31. The van der Waals surface area contributed by atoms with Crippen molar-refractivity contribution in [2.45, 2.75) is 292 Å². The molecule has 0 atom stereocenters. The third-order valence-electron chi connectivity index (χ3n) is 18.4. The Bertz CT molecular complexity index is 4140.